The van der Waals surface area contributed by atoms with Crippen molar-refractivity contribution < 1.29 is 23.9 Å². The van der Waals surface area contributed by atoms with Crippen LogP contribution < -0.4 is 16.0 Å². The third-order valence-corrected chi connectivity index (χ3v) is 2.66. The van der Waals surface area contributed by atoms with Gasteiger partial charge in [0.2, 0.25) is 5.91 Å². The predicted octanol–water partition coefficient (Wildman–Crippen LogP) is 0.304. The number of carbonyl (C=O) groups is 3. The Kier molecular flexibility index (Phi) is 6.25. The number of urea groups is 1. The summed E-state index contributed by atoms with van der Waals surface area (Å²) in [7, 11) is 0. The molecular formula is C13H19N3O5. The van der Waals surface area contributed by atoms with Crippen LogP contribution in [-0.4, -0.2) is 35.6 Å². The Morgan fingerprint density at radius 1 is 1.29 bits per heavy atom. The van der Waals surface area contributed by atoms with Crippen LogP contribution >= 0.6 is 0 Å². The highest BCUT2D eigenvalue weighted by atomic mass is 16.4. The van der Waals surface area contributed by atoms with E-state index in [0.29, 0.717) is 5.76 Å². The molecule has 0 saturated heterocycles. The van der Waals surface area contributed by atoms with Gasteiger partial charge in [-0.2, -0.15) is 0 Å². The lowest BCUT2D eigenvalue weighted by molar-refractivity contribution is -0.142. The molecule has 0 spiro atoms. The SMILES string of the molecule is CC(C)[C@H](NC(=O)CNC(=O)NCc1ccco1)C(=O)O. The Morgan fingerprint density at radius 3 is 2.52 bits per heavy atom. The predicted molar refractivity (Wildman–Crippen MR) is 73.4 cm³/mol. The molecule has 0 fully saturated rings. The van der Waals surface area contributed by atoms with E-state index in [4.69, 9.17) is 9.52 Å². The minimum absolute atomic E-state index is 0.199. The van der Waals surface area contributed by atoms with Gasteiger partial charge in [-0.3, -0.25) is 4.79 Å². The van der Waals surface area contributed by atoms with Crippen LogP contribution in [0.3, 0.4) is 0 Å². The van der Waals surface area contributed by atoms with Gasteiger partial charge in [-0.05, 0) is 18.1 Å². The number of aliphatic carboxylic acids is 1. The number of rotatable bonds is 7. The largest absolute Gasteiger partial charge is 0.480 e. The molecule has 0 aliphatic rings. The number of hydrogen-bond acceptors (Lipinski definition) is 4. The molecule has 0 aromatic carbocycles. The van der Waals surface area contributed by atoms with Gasteiger partial charge in [0, 0.05) is 0 Å². The zero-order chi connectivity index (χ0) is 15.8. The molecule has 0 radical (unpaired) electrons. The van der Waals surface area contributed by atoms with Gasteiger partial charge >= 0.3 is 12.0 Å². The van der Waals surface area contributed by atoms with Crippen LogP contribution in [0.25, 0.3) is 0 Å². The third kappa shape index (κ3) is 5.98. The summed E-state index contributed by atoms with van der Waals surface area (Å²) < 4.78 is 5.03. The second-order valence-electron chi connectivity index (χ2n) is 4.74. The van der Waals surface area contributed by atoms with E-state index in [1.165, 1.54) is 6.26 Å². The molecule has 1 aromatic rings. The van der Waals surface area contributed by atoms with E-state index in [1.54, 1.807) is 26.0 Å². The van der Waals surface area contributed by atoms with E-state index in [-0.39, 0.29) is 19.0 Å². The highest BCUT2D eigenvalue weighted by molar-refractivity contribution is 5.87. The van der Waals surface area contributed by atoms with Gasteiger partial charge < -0.3 is 25.5 Å². The number of furan rings is 1. The van der Waals surface area contributed by atoms with Crippen molar-refractivity contribution in [1.29, 1.82) is 0 Å². The van der Waals surface area contributed by atoms with E-state index in [0.717, 1.165) is 0 Å². The van der Waals surface area contributed by atoms with Gasteiger partial charge in [0.05, 0.1) is 19.4 Å². The van der Waals surface area contributed by atoms with Crippen LogP contribution in [0.5, 0.6) is 0 Å². The zero-order valence-electron chi connectivity index (χ0n) is 11.9. The summed E-state index contributed by atoms with van der Waals surface area (Å²) in [5.41, 5.74) is 0. The van der Waals surface area contributed by atoms with Crippen molar-refractivity contribution in [2.45, 2.75) is 26.4 Å². The van der Waals surface area contributed by atoms with Gasteiger partial charge in [0.1, 0.15) is 11.8 Å². The Labute approximate surface area is 121 Å². The quantitative estimate of drug-likeness (QED) is 0.577. The van der Waals surface area contributed by atoms with Crippen molar-refractivity contribution in [3.63, 3.8) is 0 Å². The molecule has 0 aliphatic carbocycles. The lowest BCUT2D eigenvalue weighted by Gasteiger charge is -2.18. The van der Waals surface area contributed by atoms with Crippen molar-refractivity contribution in [1.82, 2.24) is 16.0 Å². The molecule has 1 rings (SSSR count). The molecule has 21 heavy (non-hydrogen) atoms. The number of hydrogen-bond donors (Lipinski definition) is 4. The van der Waals surface area contributed by atoms with Crippen LogP contribution in [0, 0.1) is 5.92 Å². The van der Waals surface area contributed by atoms with E-state index < -0.39 is 23.9 Å². The Morgan fingerprint density at radius 2 is 2.00 bits per heavy atom. The fourth-order valence-electron chi connectivity index (χ4n) is 1.54. The van der Waals surface area contributed by atoms with E-state index in [2.05, 4.69) is 16.0 Å². The summed E-state index contributed by atoms with van der Waals surface area (Å²) in [5.74, 6) is -1.34. The molecule has 1 aromatic heterocycles. The fourth-order valence-corrected chi connectivity index (χ4v) is 1.54. The lowest BCUT2D eigenvalue weighted by atomic mass is 10.1. The molecule has 3 amide bonds. The van der Waals surface area contributed by atoms with Gasteiger partial charge in [-0.25, -0.2) is 9.59 Å². The molecule has 1 heterocycles. The fraction of sp³-hybridized carbons (Fsp3) is 0.462. The van der Waals surface area contributed by atoms with Gasteiger partial charge in [0.25, 0.3) is 0 Å². The maximum Gasteiger partial charge on any atom is 0.326 e. The first-order valence-corrected chi connectivity index (χ1v) is 6.46. The third-order valence-electron chi connectivity index (χ3n) is 2.66. The van der Waals surface area contributed by atoms with Crippen molar-refractivity contribution >= 4 is 17.9 Å². The summed E-state index contributed by atoms with van der Waals surface area (Å²) in [5, 5.41) is 16.1. The summed E-state index contributed by atoms with van der Waals surface area (Å²) in [6, 6.07) is 1.87. The second-order valence-corrected chi connectivity index (χ2v) is 4.74. The molecular weight excluding hydrogens is 278 g/mol. The number of nitrogens with one attached hydrogen (secondary N) is 3. The molecule has 0 bridgehead atoms. The Hall–Kier alpha value is -2.51. The summed E-state index contributed by atoms with van der Waals surface area (Å²) in [6.45, 7) is 3.26. The summed E-state index contributed by atoms with van der Waals surface area (Å²) >= 11 is 0. The number of carboxylic acid groups (broad SMARTS) is 1. The minimum Gasteiger partial charge on any atom is -0.480 e. The monoisotopic (exact) mass is 297 g/mol. The number of carboxylic acids is 1. The van der Waals surface area contributed by atoms with Crippen LogP contribution in [0.15, 0.2) is 22.8 Å². The number of amides is 3. The highest BCUT2D eigenvalue weighted by Gasteiger charge is 2.23. The summed E-state index contributed by atoms with van der Waals surface area (Å²) in [4.78, 5) is 33.9. The van der Waals surface area contributed by atoms with Crippen LogP contribution in [0.1, 0.15) is 19.6 Å². The lowest BCUT2D eigenvalue weighted by Crippen LogP contribution is -2.49. The first-order chi connectivity index (χ1) is 9.90. The average molecular weight is 297 g/mol. The standard InChI is InChI=1S/C13H19N3O5/c1-8(2)11(12(18)19)16-10(17)7-15-13(20)14-6-9-4-3-5-21-9/h3-5,8,11H,6-7H2,1-2H3,(H,16,17)(H,18,19)(H2,14,15,20)/t11-/m0/s1. The van der Waals surface area contributed by atoms with Crippen LogP contribution in [-0.2, 0) is 16.1 Å². The molecule has 4 N–H and O–H groups in total. The van der Waals surface area contributed by atoms with Crippen LogP contribution in [0.4, 0.5) is 4.79 Å². The molecule has 1 atom stereocenters. The first kappa shape index (κ1) is 16.5. The molecule has 116 valence electrons. The molecule has 0 unspecified atom stereocenters. The molecule has 0 saturated carbocycles. The van der Waals surface area contributed by atoms with Gasteiger partial charge in [0.15, 0.2) is 0 Å². The average Bonchev–Trinajstić information content (AvgIpc) is 2.92. The topological polar surface area (TPSA) is 121 Å². The molecule has 8 nitrogen and oxygen atoms in total. The second kappa shape index (κ2) is 7.93. The van der Waals surface area contributed by atoms with E-state index in [1.807, 2.05) is 0 Å². The first-order valence-electron chi connectivity index (χ1n) is 6.46. The normalized spacial score (nSPS) is 11.8. The maximum absolute atomic E-state index is 11.6. The van der Waals surface area contributed by atoms with Crippen molar-refractivity contribution in [3.8, 4) is 0 Å². The highest BCUT2D eigenvalue weighted by Crippen LogP contribution is 2.01. The van der Waals surface area contributed by atoms with Gasteiger partial charge in [-0.1, -0.05) is 13.8 Å². The number of carbonyl (C=O) groups excluding carboxylic acids is 2. The maximum atomic E-state index is 11.6. The van der Waals surface area contributed by atoms with E-state index in [9.17, 15) is 14.4 Å². The molecule has 8 heteroatoms. The van der Waals surface area contributed by atoms with Crippen molar-refractivity contribution in [3.05, 3.63) is 24.2 Å². The molecule has 0 aliphatic heterocycles. The van der Waals surface area contributed by atoms with E-state index >= 15 is 0 Å². The Bertz CT molecular complexity index is 484. The van der Waals surface area contributed by atoms with Crippen molar-refractivity contribution in [2.75, 3.05) is 6.54 Å². The summed E-state index contributed by atoms with van der Waals surface area (Å²) in [6.07, 6.45) is 1.49. The van der Waals surface area contributed by atoms with Gasteiger partial charge in [-0.15, -0.1) is 0 Å². The smallest absolute Gasteiger partial charge is 0.326 e. The zero-order valence-corrected chi connectivity index (χ0v) is 11.9. The van der Waals surface area contributed by atoms with Crippen molar-refractivity contribution in [2.24, 2.45) is 5.92 Å². The van der Waals surface area contributed by atoms with Crippen LogP contribution in [0.2, 0.25) is 0 Å². The Balaban J connectivity index is 2.28. The minimum atomic E-state index is -1.11.